The molecule has 5 aromatic rings. The average molecular weight is 446 g/mol. The Morgan fingerprint density at radius 1 is 1.06 bits per heavy atom. The number of rotatable bonds is 5. The van der Waals surface area contributed by atoms with Gasteiger partial charge in [0.05, 0.1) is 30.6 Å². The predicted octanol–water partition coefficient (Wildman–Crippen LogP) is 6.05. The number of fused-ring (bicyclic) bond motifs is 3. The first-order valence-corrected chi connectivity index (χ1v) is 10.5. The second-order valence-electron chi connectivity index (χ2n) is 7.50. The van der Waals surface area contributed by atoms with Gasteiger partial charge in [-0.05, 0) is 24.6 Å². The maximum absolute atomic E-state index is 13.2. The summed E-state index contributed by atoms with van der Waals surface area (Å²) < 4.78 is 13.1. The van der Waals surface area contributed by atoms with Crippen molar-refractivity contribution in [3.63, 3.8) is 0 Å². The van der Waals surface area contributed by atoms with E-state index >= 15 is 0 Å². The Labute approximate surface area is 189 Å². The van der Waals surface area contributed by atoms with Crippen molar-refractivity contribution in [1.29, 1.82) is 0 Å². The van der Waals surface area contributed by atoms with Crippen LogP contribution < -0.4 is 10.1 Å². The van der Waals surface area contributed by atoms with Crippen molar-refractivity contribution in [2.24, 2.45) is 0 Å². The number of furan rings is 1. The molecule has 0 aliphatic heterocycles. The number of halogens is 1. The third-order valence-electron chi connectivity index (χ3n) is 5.41. The van der Waals surface area contributed by atoms with E-state index in [1.165, 1.54) is 0 Å². The van der Waals surface area contributed by atoms with Gasteiger partial charge >= 0.3 is 0 Å². The number of nitrogens with zero attached hydrogens (tertiary/aromatic N) is 2. The highest BCUT2D eigenvalue weighted by atomic mass is 35.5. The van der Waals surface area contributed by atoms with Crippen molar-refractivity contribution in [2.75, 3.05) is 12.4 Å². The number of aryl methyl sites for hydroxylation is 1. The minimum absolute atomic E-state index is 0.285. The molecule has 2 aromatic heterocycles. The first-order valence-electron chi connectivity index (χ1n) is 10.1. The van der Waals surface area contributed by atoms with Gasteiger partial charge in [0.2, 0.25) is 0 Å². The summed E-state index contributed by atoms with van der Waals surface area (Å²) in [6.45, 7) is 2.24. The van der Waals surface area contributed by atoms with Crippen LogP contribution in [0.2, 0.25) is 5.15 Å². The molecule has 0 saturated carbocycles. The number of carbonyl (C=O) groups is 1. The van der Waals surface area contributed by atoms with E-state index in [1.807, 2.05) is 60.7 Å². The molecule has 5 rings (SSSR count). The second-order valence-corrected chi connectivity index (χ2v) is 7.85. The minimum Gasteiger partial charge on any atom is -0.495 e. The number of aromatic nitrogens is 2. The summed E-state index contributed by atoms with van der Waals surface area (Å²) in [5.41, 5.74) is 3.84. The predicted molar refractivity (Wildman–Crippen MR) is 126 cm³/mol. The van der Waals surface area contributed by atoms with E-state index in [1.54, 1.807) is 24.8 Å². The lowest BCUT2D eigenvalue weighted by molar-refractivity contribution is 0.102. The van der Waals surface area contributed by atoms with E-state index < -0.39 is 0 Å². The molecule has 0 unspecified atom stereocenters. The summed E-state index contributed by atoms with van der Waals surface area (Å²) >= 11 is 6.55. The van der Waals surface area contributed by atoms with Crippen molar-refractivity contribution in [2.45, 2.75) is 13.5 Å². The topological polar surface area (TPSA) is 69.3 Å². The molecule has 0 aliphatic rings. The third-order valence-corrected chi connectivity index (χ3v) is 5.80. The van der Waals surface area contributed by atoms with E-state index in [0.717, 1.165) is 21.9 Å². The van der Waals surface area contributed by atoms with Crippen LogP contribution in [0.4, 0.5) is 5.69 Å². The fraction of sp³-hybridized carbons (Fsp3) is 0.120. The number of ether oxygens (including phenoxy) is 1. The van der Waals surface area contributed by atoms with Crippen LogP contribution in [0.15, 0.2) is 71.1 Å². The van der Waals surface area contributed by atoms with Gasteiger partial charge in [-0.25, -0.2) is 4.68 Å². The van der Waals surface area contributed by atoms with Gasteiger partial charge in [0.25, 0.3) is 5.91 Å². The number of benzene rings is 3. The second kappa shape index (κ2) is 8.05. The zero-order valence-corrected chi connectivity index (χ0v) is 18.3. The summed E-state index contributed by atoms with van der Waals surface area (Å²) in [6.07, 6.45) is 0. The zero-order valence-electron chi connectivity index (χ0n) is 17.6. The Hall–Kier alpha value is -3.77. The number of nitrogens with one attached hydrogen (secondary N) is 1. The van der Waals surface area contributed by atoms with Gasteiger partial charge in [-0.15, -0.1) is 0 Å². The molecule has 7 heteroatoms. The minimum atomic E-state index is -0.361. The smallest absolute Gasteiger partial charge is 0.260 e. The third kappa shape index (κ3) is 3.48. The van der Waals surface area contributed by atoms with Crippen LogP contribution in [0.1, 0.15) is 21.6 Å². The first-order chi connectivity index (χ1) is 15.5. The molecule has 160 valence electrons. The number of carbonyl (C=O) groups excluding carboxylic acids is 1. The normalized spacial score (nSPS) is 11.2. The molecule has 0 radical (unpaired) electrons. The van der Waals surface area contributed by atoms with Gasteiger partial charge in [-0.1, -0.05) is 60.1 Å². The molecule has 0 bridgehead atoms. The number of hydrogen-bond donors (Lipinski definition) is 1. The summed E-state index contributed by atoms with van der Waals surface area (Å²) in [7, 11) is 1.56. The molecule has 3 aromatic carbocycles. The molecule has 0 saturated heterocycles. The molecule has 2 heterocycles. The van der Waals surface area contributed by atoms with E-state index in [0.29, 0.717) is 34.8 Å². The Bertz CT molecular complexity index is 1450. The molecule has 1 N–H and O–H groups in total. The highest BCUT2D eigenvalue weighted by molar-refractivity contribution is 6.33. The van der Waals surface area contributed by atoms with Crippen molar-refractivity contribution >= 4 is 45.1 Å². The van der Waals surface area contributed by atoms with Gasteiger partial charge in [0.1, 0.15) is 22.1 Å². The Kier molecular flexibility index (Phi) is 5.07. The molecule has 0 fully saturated rings. The number of hydrogen-bond acceptors (Lipinski definition) is 4. The molecule has 0 spiro atoms. The van der Waals surface area contributed by atoms with E-state index in [-0.39, 0.29) is 11.1 Å². The lowest BCUT2D eigenvalue weighted by atomic mass is 10.1. The van der Waals surface area contributed by atoms with Crippen LogP contribution in [0.3, 0.4) is 0 Å². The van der Waals surface area contributed by atoms with E-state index in [2.05, 4.69) is 10.4 Å². The molecular weight excluding hydrogens is 426 g/mol. The average Bonchev–Trinajstić information content (AvgIpc) is 3.29. The van der Waals surface area contributed by atoms with Gasteiger partial charge in [-0.2, -0.15) is 5.10 Å². The van der Waals surface area contributed by atoms with Crippen LogP contribution >= 0.6 is 11.6 Å². The van der Waals surface area contributed by atoms with Gasteiger partial charge < -0.3 is 14.5 Å². The zero-order chi connectivity index (χ0) is 22.2. The lowest BCUT2D eigenvalue weighted by Crippen LogP contribution is -2.14. The molecule has 1 amide bonds. The van der Waals surface area contributed by atoms with Crippen molar-refractivity contribution < 1.29 is 13.9 Å². The summed E-state index contributed by atoms with van der Waals surface area (Å²) in [6, 6.07) is 21.2. The number of para-hydroxylation sites is 1. The summed E-state index contributed by atoms with van der Waals surface area (Å²) in [5, 5.41) is 9.56. The Morgan fingerprint density at radius 2 is 1.81 bits per heavy atom. The maximum atomic E-state index is 13.2. The SMILES string of the molecule is COc1cc2c(cc1NC(=O)c1c(C)nn(Cc3ccccc3)c1Cl)oc1ccccc12. The molecular formula is C25H20ClN3O3. The number of methoxy groups -OCH3 is 1. The van der Waals surface area contributed by atoms with Gasteiger partial charge in [-0.3, -0.25) is 4.79 Å². The van der Waals surface area contributed by atoms with Crippen molar-refractivity contribution in [3.05, 3.63) is 88.7 Å². The van der Waals surface area contributed by atoms with E-state index in [9.17, 15) is 4.79 Å². The van der Waals surface area contributed by atoms with Crippen LogP contribution in [-0.4, -0.2) is 22.8 Å². The fourth-order valence-electron chi connectivity index (χ4n) is 3.88. The van der Waals surface area contributed by atoms with Gasteiger partial charge in [0.15, 0.2) is 0 Å². The molecule has 6 nitrogen and oxygen atoms in total. The monoisotopic (exact) mass is 445 g/mol. The maximum Gasteiger partial charge on any atom is 0.260 e. The Balaban J connectivity index is 1.49. The highest BCUT2D eigenvalue weighted by Crippen LogP contribution is 2.36. The first kappa shape index (κ1) is 20.2. The number of amides is 1. The van der Waals surface area contributed by atoms with Crippen molar-refractivity contribution in [3.8, 4) is 5.75 Å². The molecule has 0 atom stereocenters. The number of anilines is 1. The fourth-order valence-corrected chi connectivity index (χ4v) is 4.20. The van der Waals surface area contributed by atoms with Crippen molar-refractivity contribution in [1.82, 2.24) is 9.78 Å². The van der Waals surface area contributed by atoms with Crippen LogP contribution in [-0.2, 0) is 6.54 Å². The largest absolute Gasteiger partial charge is 0.495 e. The van der Waals surface area contributed by atoms with Crippen LogP contribution in [0.25, 0.3) is 21.9 Å². The van der Waals surface area contributed by atoms with Crippen LogP contribution in [0.5, 0.6) is 5.75 Å². The van der Waals surface area contributed by atoms with E-state index in [4.69, 9.17) is 20.8 Å². The summed E-state index contributed by atoms with van der Waals surface area (Å²) in [4.78, 5) is 13.2. The van der Waals surface area contributed by atoms with Gasteiger partial charge in [0, 0.05) is 16.8 Å². The standard InChI is InChI=1S/C25H20ClN3O3/c1-15-23(24(26)29(28-15)14-16-8-4-3-5-9-16)25(30)27-19-13-21-18(12-22(19)31-2)17-10-6-7-11-20(17)32-21/h3-13H,14H2,1-2H3,(H,27,30). The summed E-state index contributed by atoms with van der Waals surface area (Å²) in [5.74, 6) is 0.170. The lowest BCUT2D eigenvalue weighted by Gasteiger charge is -2.10. The molecule has 0 aliphatic carbocycles. The molecule has 32 heavy (non-hydrogen) atoms. The quantitative estimate of drug-likeness (QED) is 0.357. The van der Waals surface area contributed by atoms with Crippen LogP contribution in [0, 0.1) is 6.92 Å². The highest BCUT2D eigenvalue weighted by Gasteiger charge is 2.22. The Morgan fingerprint density at radius 3 is 2.59 bits per heavy atom.